The van der Waals surface area contributed by atoms with E-state index < -0.39 is 0 Å². The lowest BCUT2D eigenvalue weighted by Crippen LogP contribution is -1.98. The van der Waals surface area contributed by atoms with Gasteiger partial charge in [-0.2, -0.15) is 5.10 Å². The fourth-order valence-electron chi connectivity index (χ4n) is 1.41. The van der Waals surface area contributed by atoms with Crippen molar-refractivity contribution in [1.29, 1.82) is 0 Å². The number of anilines is 1. The standard InChI is InChI=1S/C12H14N4S/c1-3-17-10-6-4-9(5-7-10)12-15-11(13-2)8-14-16-12/h4-8H,3H2,1-2H3,(H,13,15,16). The van der Waals surface area contributed by atoms with Gasteiger partial charge in [-0.15, -0.1) is 16.9 Å². The molecule has 1 aromatic carbocycles. The van der Waals surface area contributed by atoms with Crippen LogP contribution in [0.15, 0.2) is 35.4 Å². The fourth-order valence-corrected chi connectivity index (χ4v) is 2.08. The molecule has 1 heterocycles. The van der Waals surface area contributed by atoms with Crippen molar-refractivity contribution < 1.29 is 0 Å². The van der Waals surface area contributed by atoms with E-state index in [0.717, 1.165) is 17.1 Å². The van der Waals surface area contributed by atoms with E-state index >= 15 is 0 Å². The summed E-state index contributed by atoms with van der Waals surface area (Å²) in [6.45, 7) is 2.14. The molecular weight excluding hydrogens is 232 g/mol. The van der Waals surface area contributed by atoms with Crippen LogP contribution in [0.3, 0.4) is 0 Å². The molecule has 5 heteroatoms. The molecule has 1 aromatic heterocycles. The summed E-state index contributed by atoms with van der Waals surface area (Å²) in [6, 6.07) is 8.21. The molecule has 0 unspecified atom stereocenters. The van der Waals surface area contributed by atoms with Crippen LogP contribution in [-0.2, 0) is 0 Å². The van der Waals surface area contributed by atoms with Gasteiger partial charge in [0.25, 0.3) is 0 Å². The molecule has 0 spiro atoms. The largest absolute Gasteiger partial charge is 0.372 e. The Hall–Kier alpha value is -1.62. The van der Waals surface area contributed by atoms with E-state index in [1.54, 1.807) is 6.20 Å². The van der Waals surface area contributed by atoms with Crippen molar-refractivity contribution in [2.24, 2.45) is 0 Å². The molecule has 2 rings (SSSR count). The molecule has 0 amide bonds. The second kappa shape index (κ2) is 5.63. The Kier molecular flexibility index (Phi) is 3.93. The van der Waals surface area contributed by atoms with Crippen LogP contribution in [-0.4, -0.2) is 28.0 Å². The molecule has 0 bridgehead atoms. The summed E-state index contributed by atoms with van der Waals surface area (Å²) in [5, 5.41) is 10.9. The minimum absolute atomic E-state index is 0.643. The van der Waals surface area contributed by atoms with Gasteiger partial charge in [0.1, 0.15) is 5.82 Å². The third-order valence-electron chi connectivity index (χ3n) is 2.24. The first kappa shape index (κ1) is 11.9. The summed E-state index contributed by atoms with van der Waals surface area (Å²) in [6.07, 6.45) is 1.60. The Balaban J connectivity index is 2.26. The van der Waals surface area contributed by atoms with Crippen LogP contribution in [0.25, 0.3) is 11.4 Å². The smallest absolute Gasteiger partial charge is 0.183 e. The van der Waals surface area contributed by atoms with Gasteiger partial charge in [0.15, 0.2) is 5.82 Å². The average molecular weight is 246 g/mol. The molecule has 0 saturated heterocycles. The summed E-state index contributed by atoms with van der Waals surface area (Å²) < 4.78 is 0. The number of thioether (sulfide) groups is 1. The zero-order chi connectivity index (χ0) is 12.1. The van der Waals surface area contributed by atoms with Crippen LogP contribution in [0.1, 0.15) is 6.92 Å². The molecule has 1 N–H and O–H groups in total. The number of aromatic nitrogens is 3. The Bertz CT molecular complexity index is 484. The number of benzene rings is 1. The Morgan fingerprint density at radius 1 is 1.24 bits per heavy atom. The molecule has 0 saturated carbocycles. The van der Waals surface area contributed by atoms with Gasteiger partial charge < -0.3 is 5.32 Å². The molecule has 0 fully saturated rings. The number of rotatable bonds is 4. The zero-order valence-electron chi connectivity index (χ0n) is 9.84. The predicted octanol–water partition coefficient (Wildman–Crippen LogP) is 2.69. The second-order valence-electron chi connectivity index (χ2n) is 3.37. The van der Waals surface area contributed by atoms with Gasteiger partial charge >= 0.3 is 0 Å². The maximum atomic E-state index is 4.35. The van der Waals surface area contributed by atoms with Crippen LogP contribution < -0.4 is 5.32 Å². The summed E-state index contributed by atoms with van der Waals surface area (Å²) in [5.74, 6) is 2.44. The highest BCUT2D eigenvalue weighted by Gasteiger charge is 2.03. The molecule has 4 nitrogen and oxygen atoms in total. The van der Waals surface area contributed by atoms with Crippen molar-refractivity contribution in [3.05, 3.63) is 30.5 Å². The summed E-state index contributed by atoms with van der Waals surface area (Å²) in [7, 11) is 1.81. The van der Waals surface area contributed by atoms with E-state index in [4.69, 9.17) is 0 Å². The number of nitrogens with one attached hydrogen (secondary N) is 1. The van der Waals surface area contributed by atoms with E-state index in [0.29, 0.717) is 5.82 Å². The lowest BCUT2D eigenvalue weighted by molar-refractivity contribution is 0.981. The highest BCUT2D eigenvalue weighted by atomic mass is 32.2. The van der Waals surface area contributed by atoms with E-state index in [-0.39, 0.29) is 0 Å². The van der Waals surface area contributed by atoms with Gasteiger partial charge in [-0.3, -0.25) is 0 Å². The molecular formula is C12H14N4S. The second-order valence-corrected chi connectivity index (χ2v) is 4.71. The van der Waals surface area contributed by atoms with Crippen LogP contribution in [0.4, 0.5) is 5.82 Å². The first-order valence-corrected chi connectivity index (χ1v) is 6.42. The van der Waals surface area contributed by atoms with Gasteiger partial charge in [-0.1, -0.05) is 19.1 Å². The zero-order valence-corrected chi connectivity index (χ0v) is 10.7. The summed E-state index contributed by atoms with van der Waals surface area (Å²) in [4.78, 5) is 5.60. The molecule has 0 aliphatic rings. The van der Waals surface area contributed by atoms with E-state index in [1.807, 2.05) is 30.9 Å². The average Bonchev–Trinajstić information content (AvgIpc) is 2.40. The monoisotopic (exact) mass is 246 g/mol. The van der Waals surface area contributed by atoms with Crippen LogP contribution in [0.2, 0.25) is 0 Å². The third kappa shape index (κ3) is 2.94. The lowest BCUT2D eigenvalue weighted by atomic mass is 10.2. The van der Waals surface area contributed by atoms with Crippen LogP contribution >= 0.6 is 11.8 Å². The van der Waals surface area contributed by atoms with Crippen molar-refractivity contribution >= 4 is 17.6 Å². The van der Waals surface area contributed by atoms with Gasteiger partial charge in [-0.05, 0) is 17.9 Å². The minimum Gasteiger partial charge on any atom is -0.372 e. The highest BCUT2D eigenvalue weighted by Crippen LogP contribution is 2.21. The third-order valence-corrected chi connectivity index (χ3v) is 3.13. The molecule has 0 atom stereocenters. The first-order valence-electron chi connectivity index (χ1n) is 5.44. The topological polar surface area (TPSA) is 50.7 Å². The van der Waals surface area contributed by atoms with Crippen molar-refractivity contribution in [1.82, 2.24) is 15.2 Å². The Labute approximate surface area is 105 Å². The van der Waals surface area contributed by atoms with Crippen molar-refractivity contribution in [2.45, 2.75) is 11.8 Å². The van der Waals surface area contributed by atoms with Gasteiger partial charge in [0.2, 0.25) is 0 Å². The maximum absolute atomic E-state index is 4.35. The number of nitrogens with zero attached hydrogens (tertiary/aromatic N) is 3. The van der Waals surface area contributed by atoms with Gasteiger partial charge in [-0.25, -0.2) is 4.98 Å². The normalized spacial score (nSPS) is 10.2. The van der Waals surface area contributed by atoms with E-state index in [2.05, 4.69) is 39.6 Å². The highest BCUT2D eigenvalue weighted by molar-refractivity contribution is 7.99. The first-order chi connectivity index (χ1) is 8.33. The predicted molar refractivity (Wildman–Crippen MR) is 71.2 cm³/mol. The lowest BCUT2D eigenvalue weighted by Gasteiger charge is -2.03. The Morgan fingerprint density at radius 2 is 2.00 bits per heavy atom. The van der Waals surface area contributed by atoms with Gasteiger partial charge in [0.05, 0.1) is 6.20 Å². The SMILES string of the molecule is CCSc1ccc(-c2nncc(NC)n2)cc1. The fraction of sp³-hybridized carbons (Fsp3) is 0.250. The molecule has 0 aliphatic carbocycles. The molecule has 0 aliphatic heterocycles. The molecule has 0 radical (unpaired) electrons. The van der Waals surface area contributed by atoms with Crippen molar-refractivity contribution in [3.8, 4) is 11.4 Å². The molecule has 17 heavy (non-hydrogen) atoms. The van der Waals surface area contributed by atoms with Crippen molar-refractivity contribution in [2.75, 3.05) is 18.1 Å². The molecule has 2 aromatic rings. The maximum Gasteiger partial charge on any atom is 0.183 e. The molecule has 88 valence electrons. The summed E-state index contributed by atoms with van der Waals surface area (Å²) >= 11 is 1.82. The van der Waals surface area contributed by atoms with E-state index in [1.165, 1.54) is 4.90 Å². The van der Waals surface area contributed by atoms with Crippen LogP contribution in [0, 0.1) is 0 Å². The summed E-state index contributed by atoms with van der Waals surface area (Å²) in [5.41, 5.74) is 0.982. The Morgan fingerprint density at radius 3 is 2.65 bits per heavy atom. The number of hydrogen-bond donors (Lipinski definition) is 1. The van der Waals surface area contributed by atoms with Crippen molar-refractivity contribution in [3.63, 3.8) is 0 Å². The van der Waals surface area contributed by atoms with Crippen LogP contribution in [0.5, 0.6) is 0 Å². The number of hydrogen-bond acceptors (Lipinski definition) is 5. The van der Waals surface area contributed by atoms with Gasteiger partial charge in [0, 0.05) is 17.5 Å². The minimum atomic E-state index is 0.643. The quantitative estimate of drug-likeness (QED) is 0.841. The van der Waals surface area contributed by atoms with E-state index in [9.17, 15) is 0 Å².